The third-order valence-corrected chi connectivity index (χ3v) is 5.27. The number of aromatic nitrogens is 2. The topological polar surface area (TPSA) is 104 Å². The molecule has 1 heterocycles. The van der Waals surface area contributed by atoms with Gasteiger partial charge in [0.2, 0.25) is 0 Å². The van der Waals surface area contributed by atoms with Gasteiger partial charge in [0.15, 0.2) is 10.7 Å². The summed E-state index contributed by atoms with van der Waals surface area (Å²) in [7, 11) is -3.88. The second-order valence-electron chi connectivity index (χ2n) is 5.55. The van der Waals surface area contributed by atoms with E-state index in [1.54, 1.807) is 36.4 Å². The first-order chi connectivity index (χ1) is 12.3. The Bertz CT molecular complexity index is 1050. The van der Waals surface area contributed by atoms with E-state index in [4.69, 9.17) is 0 Å². The summed E-state index contributed by atoms with van der Waals surface area (Å²) in [6.45, 7) is 1.91. The van der Waals surface area contributed by atoms with E-state index in [0.717, 1.165) is 10.0 Å². The zero-order valence-corrected chi connectivity index (χ0v) is 16.1. The maximum Gasteiger partial charge on any atom is 0.278 e. The Morgan fingerprint density at radius 3 is 2.50 bits per heavy atom. The Labute approximate surface area is 159 Å². The third kappa shape index (κ3) is 4.30. The van der Waals surface area contributed by atoms with E-state index in [1.165, 1.54) is 6.07 Å². The number of nitrogens with one attached hydrogen (secondary N) is 3. The van der Waals surface area contributed by atoms with Gasteiger partial charge < -0.3 is 5.32 Å². The van der Waals surface area contributed by atoms with Crippen LogP contribution in [0.3, 0.4) is 0 Å². The molecule has 0 saturated heterocycles. The fraction of sp³-hybridized carbons (Fsp3) is 0.0588. The Hall–Kier alpha value is -2.65. The fourth-order valence-corrected chi connectivity index (χ4v) is 3.46. The molecule has 134 valence electrons. The van der Waals surface area contributed by atoms with Gasteiger partial charge in [-0.2, -0.15) is 13.5 Å². The summed E-state index contributed by atoms with van der Waals surface area (Å²) >= 11 is 3.28. The number of amides is 1. The van der Waals surface area contributed by atoms with Crippen molar-refractivity contribution in [3.63, 3.8) is 0 Å². The molecule has 3 N–H and O–H groups in total. The largest absolute Gasteiger partial charge is 0.321 e. The first-order valence-electron chi connectivity index (χ1n) is 7.55. The van der Waals surface area contributed by atoms with Crippen LogP contribution >= 0.6 is 15.9 Å². The van der Waals surface area contributed by atoms with Crippen LogP contribution in [0.25, 0.3) is 0 Å². The highest BCUT2D eigenvalue weighted by Gasteiger charge is 2.20. The summed E-state index contributed by atoms with van der Waals surface area (Å²) in [4.78, 5) is 12.2. The number of carbonyl (C=O) groups is 1. The number of halogens is 1. The number of H-pyrrole nitrogens is 1. The molecule has 0 fully saturated rings. The highest BCUT2D eigenvalue weighted by molar-refractivity contribution is 9.10. The van der Waals surface area contributed by atoms with Crippen molar-refractivity contribution in [1.29, 1.82) is 0 Å². The zero-order valence-electron chi connectivity index (χ0n) is 13.7. The maximum absolute atomic E-state index is 12.4. The van der Waals surface area contributed by atoms with Crippen molar-refractivity contribution in [2.45, 2.75) is 11.9 Å². The molecule has 0 aliphatic carbocycles. The van der Waals surface area contributed by atoms with Gasteiger partial charge in [0.05, 0.1) is 0 Å². The summed E-state index contributed by atoms with van der Waals surface area (Å²) < 4.78 is 28.0. The van der Waals surface area contributed by atoms with Crippen LogP contribution in [-0.2, 0) is 10.0 Å². The fourth-order valence-electron chi connectivity index (χ4n) is 2.20. The van der Waals surface area contributed by atoms with Crippen LogP contribution in [0, 0.1) is 6.92 Å². The lowest BCUT2D eigenvalue weighted by Gasteiger charge is -2.05. The predicted molar refractivity (Wildman–Crippen MR) is 103 cm³/mol. The molecule has 1 amide bonds. The number of aromatic amines is 1. The summed E-state index contributed by atoms with van der Waals surface area (Å²) in [5.41, 5.74) is 1.97. The molecule has 9 heteroatoms. The van der Waals surface area contributed by atoms with Crippen LogP contribution in [0.5, 0.6) is 0 Å². The van der Waals surface area contributed by atoms with Gasteiger partial charge in [0, 0.05) is 21.9 Å². The van der Waals surface area contributed by atoms with Crippen LogP contribution in [0.4, 0.5) is 11.4 Å². The summed E-state index contributed by atoms with van der Waals surface area (Å²) in [5.74, 6) is -0.503. The highest BCUT2D eigenvalue weighted by atomic mass is 79.9. The normalized spacial score (nSPS) is 11.2. The molecular formula is C17H15BrN4O3S. The predicted octanol–water partition coefficient (Wildman–Crippen LogP) is 3.53. The van der Waals surface area contributed by atoms with Crippen molar-refractivity contribution in [2.75, 3.05) is 10.0 Å². The molecule has 3 aromatic rings. The number of nitrogens with zero attached hydrogens (tertiary/aromatic N) is 1. The van der Waals surface area contributed by atoms with Gasteiger partial charge in [-0.1, -0.05) is 28.1 Å². The summed E-state index contributed by atoms with van der Waals surface area (Å²) in [6.07, 6.45) is 0. The van der Waals surface area contributed by atoms with Gasteiger partial charge in [-0.15, -0.1) is 0 Å². The number of aryl methyl sites for hydroxylation is 1. The summed E-state index contributed by atoms with van der Waals surface area (Å²) in [6, 6.07) is 15.1. The molecule has 3 rings (SSSR count). The Kier molecular flexibility index (Phi) is 5.10. The van der Waals surface area contributed by atoms with Crippen molar-refractivity contribution >= 4 is 43.2 Å². The highest BCUT2D eigenvalue weighted by Crippen LogP contribution is 2.18. The van der Waals surface area contributed by atoms with Crippen LogP contribution < -0.4 is 10.0 Å². The molecule has 0 atom stereocenters. The molecule has 0 spiro atoms. The number of carbonyl (C=O) groups excluding carboxylic acids is 1. The SMILES string of the molecule is Cc1cccc(NC(=O)c2cc(S(=O)(=O)Nc3ccc(Br)cc3)[nH]n2)c1. The molecule has 0 bridgehead atoms. The molecule has 7 nitrogen and oxygen atoms in total. The average molecular weight is 435 g/mol. The number of sulfonamides is 1. The van der Waals surface area contributed by atoms with E-state index in [2.05, 4.69) is 36.2 Å². The van der Waals surface area contributed by atoms with Gasteiger partial charge in [-0.3, -0.25) is 14.6 Å². The third-order valence-electron chi connectivity index (χ3n) is 3.45. The Morgan fingerprint density at radius 2 is 1.81 bits per heavy atom. The standard InChI is InChI=1S/C17H15BrN4O3S/c1-11-3-2-4-14(9-11)19-17(23)15-10-16(21-20-15)26(24,25)22-13-7-5-12(18)6-8-13/h2-10,22H,1H3,(H,19,23)(H,20,21). The molecular weight excluding hydrogens is 420 g/mol. The van der Waals surface area contributed by atoms with E-state index in [-0.39, 0.29) is 10.7 Å². The smallest absolute Gasteiger partial charge is 0.278 e. The number of hydrogen-bond acceptors (Lipinski definition) is 4. The van der Waals surface area contributed by atoms with Crippen molar-refractivity contribution in [2.24, 2.45) is 0 Å². The Morgan fingerprint density at radius 1 is 1.08 bits per heavy atom. The van der Waals surface area contributed by atoms with Gasteiger partial charge in [0.25, 0.3) is 15.9 Å². The molecule has 1 aromatic heterocycles. The number of hydrogen-bond donors (Lipinski definition) is 3. The second-order valence-corrected chi connectivity index (χ2v) is 8.12. The number of rotatable bonds is 5. The average Bonchev–Trinajstić information content (AvgIpc) is 3.08. The first kappa shape index (κ1) is 18.2. The molecule has 0 aliphatic rings. The molecule has 0 unspecified atom stereocenters. The minimum absolute atomic E-state index is 0.0253. The van der Waals surface area contributed by atoms with E-state index in [9.17, 15) is 13.2 Å². The van der Waals surface area contributed by atoms with Crippen molar-refractivity contribution < 1.29 is 13.2 Å². The van der Waals surface area contributed by atoms with E-state index < -0.39 is 15.9 Å². The molecule has 0 radical (unpaired) electrons. The zero-order chi connectivity index (χ0) is 18.7. The van der Waals surface area contributed by atoms with Crippen LogP contribution in [0.1, 0.15) is 16.1 Å². The van der Waals surface area contributed by atoms with E-state index >= 15 is 0 Å². The van der Waals surface area contributed by atoms with Gasteiger partial charge in [0.1, 0.15) is 0 Å². The van der Waals surface area contributed by atoms with Crippen LogP contribution in [0.15, 0.2) is 64.1 Å². The van der Waals surface area contributed by atoms with Gasteiger partial charge in [-0.05, 0) is 48.9 Å². The van der Waals surface area contributed by atoms with Crippen molar-refractivity contribution in [3.8, 4) is 0 Å². The summed E-state index contributed by atoms with van der Waals surface area (Å²) in [5, 5.41) is 8.66. The minimum Gasteiger partial charge on any atom is -0.321 e. The molecule has 0 saturated carbocycles. The van der Waals surface area contributed by atoms with Crippen molar-refractivity contribution in [1.82, 2.24) is 10.2 Å². The quantitative estimate of drug-likeness (QED) is 0.570. The maximum atomic E-state index is 12.4. The molecule has 2 aromatic carbocycles. The van der Waals surface area contributed by atoms with Gasteiger partial charge in [-0.25, -0.2) is 0 Å². The molecule has 26 heavy (non-hydrogen) atoms. The number of benzene rings is 2. The van der Waals surface area contributed by atoms with Crippen molar-refractivity contribution in [3.05, 3.63) is 70.3 Å². The first-order valence-corrected chi connectivity index (χ1v) is 9.83. The molecule has 0 aliphatic heterocycles. The second kappa shape index (κ2) is 7.30. The number of anilines is 2. The van der Waals surface area contributed by atoms with E-state index in [0.29, 0.717) is 11.4 Å². The minimum atomic E-state index is -3.88. The lowest BCUT2D eigenvalue weighted by Crippen LogP contribution is -2.13. The lowest BCUT2D eigenvalue weighted by molar-refractivity contribution is 0.102. The monoisotopic (exact) mass is 434 g/mol. The van der Waals surface area contributed by atoms with Gasteiger partial charge >= 0.3 is 0 Å². The van der Waals surface area contributed by atoms with Crippen LogP contribution in [0.2, 0.25) is 0 Å². The lowest BCUT2D eigenvalue weighted by atomic mass is 10.2. The van der Waals surface area contributed by atoms with Crippen LogP contribution in [-0.4, -0.2) is 24.5 Å². The van der Waals surface area contributed by atoms with E-state index in [1.807, 2.05) is 19.1 Å². The Balaban J connectivity index is 1.75.